The number of carboxylic acid groups (broad SMARTS) is 1. The van der Waals surface area contributed by atoms with Crippen molar-refractivity contribution in [1.29, 1.82) is 0 Å². The SMILES string of the molecule is CC(C)C1CCCCC1NC(=O)N1CC(C)C(C(=O)O)C1. The minimum Gasteiger partial charge on any atom is -0.481 e. The largest absolute Gasteiger partial charge is 0.481 e. The van der Waals surface area contributed by atoms with Crippen LogP contribution in [0.2, 0.25) is 0 Å². The van der Waals surface area contributed by atoms with Crippen molar-refractivity contribution in [2.45, 2.75) is 52.5 Å². The fraction of sp³-hybridized carbons (Fsp3) is 0.875. The Kier molecular flexibility index (Phi) is 5.12. The maximum absolute atomic E-state index is 12.4. The topological polar surface area (TPSA) is 69.6 Å². The molecular formula is C16H28N2O3. The van der Waals surface area contributed by atoms with Crippen LogP contribution < -0.4 is 5.32 Å². The summed E-state index contributed by atoms with van der Waals surface area (Å²) >= 11 is 0. The van der Waals surface area contributed by atoms with Crippen LogP contribution in [-0.4, -0.2) is 41.1 Å². The molecule has 120 valence electrons. The number of carbonyl (C=O) groups is 2. The molecule has 2 amide bonds. The summed E-state index contributed by atoms with van der Waals surface area (Å²) in [6, 6.07) is 0.161. The Labute approximate surface area is 127 Å². The number of carboxylic acids is 1. The van der Waals surface area contributed by atoms with E-state index in [2.05, 4.69) is 19.2 Å². The third-order valence-corrected chi connectivity index (χ3v) is 5.20. The molecule has 2 fully saturated rings. The van der Waals surface area contributed by atoms with Crippen molar-refractivity contribution >= 4 is 12.0 Å². The van der Waals surface area contributed by atoms with Crippen molar-refractivity contribution in [1.82, 2.24) is 10.2 Å². The van der Waals surface area contributed by atoms with E-state index in [1.54, 1.807) is 4.90 Å². The van der Waals surface area contributed by atoms with Crippen LogP contribution in [-0.2, 0) is 4.79 Å². The lowest BCUT2D eigenvalue weighted by Gasteiger charge is -2.35. The van der Waals surface area contributed by atoms with Gasteiger partial charge in [0, 0.05) is 19.1 Å². The molecule has 2 aliphatic rings. The maximum Gasteiger partial charge on any atom is 0.317 e. The highest BCUT2D eigenvalue weighted by Crippen LogP contribution is 2.31. The average Bonchev–Trinajstić information content (AvgIpc) is 2.81. The Bertz CT molecular complexity index is 397. The quantitative estimate of drug-likeness (QED) is 0.841. The highest BCUT2D eigenvalue weighted by molar-refractivity contribution is 5.77. The van der Waals surface area contributed by atoms with Crippen molar-refractivity contribution in [3.05, 3.63) is 0 Å². The Morgan fingerprint density at radius 3 is 2.43 bits per heavy atom. The van der Waals surface area contributed by atoms with Gasteiger partial charge in [0.2, 0.25) is 0 Å². The lowest BCUT2D eigenvalue weighted by molar-refractivity contribution is -0.142. The summed E-state index contributed by atoms with van der Waals surface area (Å²) in [5.41, 5.74) is 0. The van der Waals surface area contributed by atoms with Crippen LogP contribution in [0.1, 0.15) is 46.5 Å². The van der Waals surface area contributed by atoms with Crippen LogP contribution in [0.4, 0.5) is 4.79 Å². The monoisotopic (exact) mass is 296 g/mol. The molecule has 1 aliphatic carbocycles. The molecule has 1 aliphatic heterocycles. The van der Waals surface area contributed by atoms with Crippen LogP contribution >= 0.6 is 0 Å². The fourth-order valence-electron chi connectivity index (χ4n) is 3.84. The number of urea groups is 1. The van der Waals surface area contributed by atoms with E-state index >= 15 is 0 Å². The van der Waals surface area contributed by atoms with Crippen molar-refractivity contribution in [2.24, 2.45) is 23.7 Å². The van der Waals surface area contributed by atoms with Crippen molar-refractivity contribution in [3.8, 4) is 0 Å². The van der Waals surface area contributed by atoms with Crippen LogP contribution in [0.3, 0.4) is 0 Å². The summed E-state index contributed by atoms with van der Waals surface area (Å²) in [5.74, 6) is -0.0862. The molecule has 5 heteroatoms. The summed E-state index contributed by atoms with van der Waals surface area (Å²) < 4.78 is 0. The van der Waals surface area contributed by atoms with Gasteiger partial charge in [-0.3, -0.25) is 4.79 Å². The normalized spacial score (nSPS) is 33.2. The van der Waals surface area contributed by atoms with E-state index in [4.69, 9.17) is 5.11 Å². The second-order valence-corrected chi connectivity index (χ2v) is 7.08. The molecule has 0 bridgehead atoms. The number of aliphatic carboxylic acids is 1. The molecule has 1 saturated carbocycles. The van der Waals surface area contributed by atoms with Crippen molar-refractivity contribution in [2.75, 3.05) is 13.1 Å². The number of likely N-dealkylation sites (tertiary alicyclic amines) is 1. The Morgan fingerprint density at radius 2 is 1.86 bits per heavy atom. The predicted octanol–water partition coefficient (Wildman–Crippen LogP) is 2.56. The van der Waals surface area contributed by atoms with Gasteiger partial charge in [0.15, 0.2) is 0 Å². The second-order valence-electron chi connectivity index (χ2n) is 7.08. The molecule has 0 radical (unpaired) electrons. The van der Waals surface area contributed by atoms with Gasteiger partial charge in [0.25, 0.3) is 0 Å². The van der Waals surface area contributed by atoms with E-state index in [-0.39, 0.29) is 18.0 Å². The molecule has 0 spiro atoms. The van der Waals surface area contributed by atoms with Gasteiger partial charge < -0.3 is 15.3 Å². The lowest BCUT2D eigenvalue weighted by Crippen LogP contribution is -2.49. The molecule has 2 rings (SSSR count). The summed E-state index contributed by atoms with van der Waals surface area (Å²) in [4.78, 5) is 25.2. The Morgan fingerprint density at radius 1 is 1.19 bits per heavy atom. The number of nitrogens with zero attached hydrogens (tertiary/aromatic N) is 1. The van der Waals surface area contributed by atoms with E-state index in [1.807, 2.05) is 6.92 Å². The van der Waals surface area contributed by atoms with Gasteiger partial charge in [-0.15, -0.1) is 0 Å². The van der Waals surface area contributed by atoms with E-state index in [9.17, 15) is 9.59 Å². The van der Waals surface area contributed by atoms with Gasteiger partial charge in [-0.1, -0.05) is 33.6 Å². The number of nitrogens with one attached hydrogen (secondary N) is 1. The smallest absolute Gasteiger partial charge is 0.317 e. The molecular weight excluding hydrogens is 268 g/mol. The van der Waals surface area contributed by atoms with Crippen molar-refractivity contribution in [3.63, 3.8) is 0 Å². The highest BCUT2D eigenvalue weighted by atomic mass is 16.4. The van der Waals surface area contributed by atoms with Gasteiger partial charge in [-0.25, -0.2) is 4.79 Å². The molecule has 1 heterocycles. The van der Waals surface area contributed by atoms with Crippen LogP contribution in [0, 0.1) is 23.7 Å². The maximum atomic E-state index is 12.4. The number of amides is 2. The zero-order valence-corrected chi connectivity index (χ0v) is 13.3. The Hall–Kier alpha value is -1.26. The van der Waals surface area contributed by atoms with E-state index in [0.29, 0.717) is 24.9 Å². The zero-order valence-electron chi connectivity index (χ0n) is 13.3. The van der Waals surface area contributed by atoms with Crippen LogP contribution in [0.5, 0.6) is 0 Å². The summed E-state index contributed by atoms with van der Waals surface area (Å²) in [6.45, 7) is 7.22. The Balaban J connectivity index is 1.93. The number of hydrogen-bond acceptors (Lipinski definition) is 2. The number of hydrogen-bond donors (Lipinski definition) is 2. The first-order chi connectivity index (χ1) is 9.90. The van der Waals surface area contributed by atoms with Gasteiger partial charge >= 0.3 is 12.0 Å². The van der Waals surface area contributed by atoms with Gasteiger partial charge in [-0.05, 0) is 30.6 Å². The molecule has 1 saturated heterocycles. The van der Waals surface area contributed by atoms with Crippen LogP contribution in [0.25, 0.3) is 0 Å². The third kappa shape index (κ3) is 3.69. The minimum atomic E-state index is -0.796. The first-order valence-electron chi connectivity index (χ1n) is 8.18. The fourth-order valence-corrected chi connectivity index (χ4v) is 3.84. The number of rotatable bonds is 3. The second kappa shape index (κ2) is 6.67. The van der Waals surface area contributed by atoms with E-state index < -0.39 is 11.9 Å². The van der Waals surface area contributed by atoms with Crippen molar-refractivity contribution < 1.29 is 14.7 Å². The third-order valence-electron chi connectivity index (χ3n) is 5.20. The number of carbonyl (C=O) groups excluding carboxylic acids is 1. The molecule has 5 nitrogen and oxygen atoms in total. The predicted molar refractivity (Wildman–Crippen MR) is 81.0 cm³/mol. The zero-order chi connectivity index (χ0) is 15.6. The average molecular weight is 296 g/mol. The first kappa shape index (κ1) is 16.1. The standard InChI is InChI=1S/C16H28N2O3/c1-10(2)12-6-4-5-7-14(12)17-16(21)18-8-11(3)13(9-18)15(19)20/h10-14H,4-9H2,1-3H3,(H,17,21)(H,19,20). The molecule has 21 heavy (non-hydrogen) atoms. The highest BCUT2D eigenvalue weighted by Gasteiger charge is 2.38. The minimum absolute atomic E-state index is 0.0282. The van der Waals surface area contributed by atoms with Crippen LogP contribution in [0.15, 0.2) is 0 Å². The lowest BCUT2D eigenvalue weighted by atomic mass is 9.78. The molecule has 0 aromatic carbocycles. The summed E-state index contributed by atoms with van der Waals surface area (Å²) in [5, 5.41) is 12.3. The van der Waals surface area contributed by atoms with E-state index in [0.717, 1.165) is 6.42 Å². The summed E-state index contributed by atoms with van der Waals surface area (Å²) in [6.07, 6.45) is 4.64. The molecule has 0 aromatic rings. The molecule has 4 atom stereocenters. The summed E-state index contributed by atoms with van der Waals surface area (Å²) in [7, 11) is 0. The molecule has 4 unspecified atom stereocenters. The van der Waals surface area contributed by atoms with E-state index in [1.165, 1.54) is 19.3 Å². The van der Waals surface area contributed by atoms with Gasteiger partial charge in [0.1, 0.15) is 0 Å². The first-order valence-corrected chi connectivity index (χ1v) is 8.18. The molecule has 2 N–H and O–H groups in total. The van der Waals surface area contributed by atoms with Gasteiger partial charge in [-0.2, -0.15) is 0 Å². The van der Waals surface area contributed by atoms with Gasteiger partial charge in [0.05, 0.1) is 5.92 Å². The molecule has 0 aromatic heterocycles.